The van der Waals surface area contributed by atoms with Crippen molar-refractivity contribution >= 4 is 0 Å². The maximum atomic E-state index is 3.70. The molecule has 0 aliphatic carbocycles. The number of hydrogen-bond acceptors (Lipinski definition) is 1. The van der Waals surface area contributed by atoms with Gasteiger partial charge in [0.25, 0.3) is 0 Å². The summed E-state index contributed by atoms with van der Waals surface area (Å²) < 4.78 is 0. The Hall–Kier alpha value is -1.20. The van der Waals surface area contributed by atoms with Crippen LogP contribution in [0.4, 0.5) is 0 Å². The van der Waals surface area contributed by atoms with Gasteiger partial charge in [-0.25, -0.2) is 0 Å². The number of unbranched alkanes of at least 4 members (excludes halogenated alkanes) is 1. The van der Waals surface area contributed by atoms with Crippen molar-refractivity contribution in [2.24, 2.45) is 0 Å². The summed E-state index contributed by atoms with van der Waals surface area (Å²) in [5, 5.41) is 0. The first-order valence-corrected chi connectivity index (χ1v) is 7.17. The number of hydrogen-bond donors (Lipinski definition) is 0. The summed E-state index contributed by atoms with van der Waals surface area (Å²) in [6, 6.07) is 0. The van der Waals surface area contributed by atoms with Crippen molar-refractivity contribution in [3.63, 3.8) is 0 Å². The second-order valence-electron chi connectivity index (χ2n) is 4.65. The van der Waals surface area contributed by atoms with E-state index in [4.69, 9.17) is 0 Å². The predicted molar refractivity (Wildman–Crippen MR) is 82.6 cm³/mol. The first kappa shape index (κ1) is 16.8. The van der Waals surface area contributed by atoms with E-state index in [1.54, 1.807) is 0 Å². The lowest BCUT2D eigenvalue weighted by Crippen LogP contribution is -2.24. The zero-order chi connectivity index (χ0) is 13.8. The maximum Gasteiger partial charge on any atom is 0.0444 e. The molecule has 0 spiro atoms. The fraction of sp³-hybridized carbons (Fsp3) is 0.588. The van der Waals surface area contributed by atoms with E-state index >= 15 is 0 Å². The Morgan fingerprint density at radius 2 is 1.83 bits per heavy atom. The third kappa shape index (κ3) is 7.19. The molecule has 0 aromatic heterocycles. The molecule has 0 aliphatic heterocycles. The normalized spacial score (nSPS) is 12.2. The van der Waals surface area contributed by atoms with E-state index in [2.05, 4.69) is 57.1 Å². The SMILES string of the molecule is C=C=C/C(=C\C=C(/C)CC)N(CCC)CCCC. The van der Waals surface area contributed by atoms with Gasteiger partial charge in [0.2, 0.25) is 0 Å². The van der Waals surface area contributed by atoms with Gasteiger partial charge in [0.15, 0.2) is 0 Å². The molecule has 0 amide bonds. The topological polar surface area (TPSA) is 3.24 Å². The molecular formula is C17H29N. The molecule has 0 saturated carbocycles. The molecule has 0 radical (unpaired) electrons. The lowest BCUT2D eigenvalue weighted by atomic mass is 10.2. The molecule has 1 heteroatoms. The van der Waals surface area contributed by atoms with E-state index in [0.717, 1.165) is 19.5 Å². The molecule has 0 unspecified atom stereocenters. The Balaban J connectivity index is 4.94. The van der Waals surface area contributed by atoms with Gasteiger partial charge in [0.1, 0.15) is 0 Å². The molecule has 0 heterocycles. The maximum absolute atomic E-state index is 3.70. The summed E-state index contributed by atoms with van der Waals surface area (Å²) in [6.45, 7) is 14.7. The van der Waals surface area contributed by atoms with Crippen molar-refractivity contribution in [1.29, 1.82) is 0 Å². The van der Waals surface area contributed by atoms with E-state index < -0.39 is 0 Å². The van der Waals surface area contributed by atoms with Gasteiger partial charge in [-0.2, -0.15) is 0 Å². The van der Waals surface area contributed by atoms with Gasteiger partial charge >= 0.3 is 0 Å². The zero-order valence-corrected chi connectivity index (χ0v) is 12.6. The lowest BCUT2D eigenvalue weighted by Gasteiger charge is -2.24. The Bertz CT molecular complexity index is 317. The second-order valence-corrected chi connectivity index (χ2v) is 4.65. The highest BCUT2D eigenvalue weighted by Gasteiger charge is 2.04. The van der Waals surface area contributed by atoms with Gasteiger partial charge < -0.3 is 4.90 Å². The molecule has 0 aromatic carbocycles. The Morgan fingerprint density at radius 1 is 1.11 bits per heavy atom. The summed E-state index contributed by atoms with van der Waals surface area (Å²) in [5.74, 6) is 0. The third-order valence-electron chi connectivity index (χ3n) is 2.99. The molecule has 0 aromatic rings. The van der Waals surface area contributed by atoms with Crippen LogP contribution < -0.4 is 0 Å². The first-order valence-electron chi connectivity index (χ1n) is 7.17. The van der Waals surface area contributed by atoms with Gasteiger partial charge in [-0.3, -0.25) is 0 Å². The molecule has 18 heavy (non-hydrogen) atoms. The van der Waals surface area contributed by atoms with Crippen LogP contribution in [0.2, 0.25) is 0 Å². The van der Waals surface area contributed by atoms with Crippen LogP contribution in [0.15, 0.2) is 41.8 Å². The summed E-state index contributed by atoms with van der Waals surface area (Å²) in [5.41, 5.74) is 5.54. The van der Waals surface area contributed by atoms with Crippen LogP contribution in [0, 0.1) is 0 Å². The third-order valence-corrected chi connectivity index (χ3v) is 2.99. The summed E-state index contributed by atoms with van der Waals surface area (Å²) in [6.07, 6.45) is 11.1. The average molecular weight is 247 g/mol. The predicted octanol–water partition coefficient (Wildman–Crippen LogP) is 5.08. The van der Waals surface area contributed by atoms with Crippen LogP contribution in [0.3, 0.4) is 0 Å². The van der Waals surface area contributed by atoms with Crippen molar-refractivity contribution in [1.82, 2.24) is 4.90 Å². The van der Waals surface area contributed by atoms with Gasteiger partial charge in [-0.15, -0.1) is 5.73 Å². The summed E-state index contributed by atoms with van der Waals surface area (Å²) in [4.78, 5) is 2.43. The highest BCUT2D eigenvalue weighted by Crippen LogP contribution is 2.10. The van der Waals surface area contributed by atoms with Crippen molar-refractivity contribution < 1.29 is 0 Å². The smallest absolute Gasteiger partial charge is 0.0444 e. The first-order chi connectivity index (χ1) is 8.69. The van der Waals surface area contributed by atoms with E-state index in [9.17, 15) is 0 Å². The Kier molecular flexibility index (Phi) is 10.2. The van der Waals surface area contributed by atoms with Crippen molar-refractivity contribution in [2.75, 3.05) is 13.1 Å². The summed E-state index contributed by atoms with van der Waals surface area (Å²) >= 11 is 0. The van der Waals surface area contributed by atoms with Gasteiger partial charge in [-0.05, 0) is 32.3 Å². The van der Waals surface area contributed by atoms with Crippen LogP contribution in [-0.2, 0) is 0 Å². The van der Waals surface area contributed by atoms with Crippen molar-refractivity contribution in [3.8, 4) is 0 Å². The van der Waals surface area contributed by atoms with Crippen LogP contribution in [0.1, 0.15) is 53.4 Å². The van der Waals surface area contributed by atoms with Crippen LogP contribution >= 0.6 is 0 Å². The second kappa shape index (κ2) is 10.9. The largest absolute Gasteiger partial charge is 0.371 e. The number of nitrogens with zero attached hydrogens (tertiary/aromatic N) is 1. The average Bonchev–Trinajstić information content (AvgIpc) is 2.39. The minimum absolute atomic E-state index is 1.10. The monoisotopic (exact) mass is 247 g/mol. The number of allylic oxidation sites excluding steroid dienone is 4. The van der Waals surface area contributed by atoms with E-state index in [1.807, 2.05) is 6.08 Å². The standard InChI is InChI=1S/C17H29N/c1-6-10-15-18(14-8-3)17(11-7-2)13-12-16(5)9-4/h11-13H,2,6,8-10,14-15H2,1,3-5H3/b16-12+,17-13+. The highest BCUT2D eigenvalue weighted by atomic mass is 15.1. The number of rotatable bonds is 9. The lowest BCUT2D eigenvalue weighted by molar-refractivity contribution is 0.347. The quantitative estimate of drug-likeness (QED) is 0.405. The van der Waals surface area contributed by atoms with Crippen LogP contribution in [0.25, 0.3) is 0 Å². The molecule has 0 aliphatic rings. The van der Waals surface area contributed by atoms with Crippen LogP contribution in [-0.4, -0.2) is 18.0 Å². The minimum atomic E-state index is 1.10. The molecule has 102 valence electrons. The molecule has 0 atom stereocenters. The zero-order valence-electron chi connectivity index (χ0n) is 12.6. The molecule has 0 bridgehead atoms. The molecule has 0 N–H and O–H groups in total. The minimum Gasteiger partial charge on any atom is -0.371 e. The highest BCUT2D eigenvalue weighted by molar-refractivity contribution is 5.24. The van der Waals surface area contributed by atoms with Crippen molar-refractivity contribution in [2.45, 2.75) is 53.4 Å². The van der Waals surface area contributed by atoms with Gasteiger partial charge in [0, 0.05) is 24.9 Å². The van der Waals surface area contributed by atoms with E-state index in [1.165, 1.54) is 30.5 Å². The fourth-order valence-corrected chi connectivity index (χ4v) is 1.68. The molecular weight excluding hydrogens is 218 g/mol. The Labute approximate surface area is 114 Å². The van der Waals surface area contributed by atoms with Crippen molar-refractivity contribution in [3.05, 3.63) is 41.8 Å². The molecule has 1 nitrogen and oxygen atoms in total. The fourth-order valence-electron chi connectivity index (χ4n) is 1.68. The van der Waals surface area contributed by atoms with Gasteiger partial charge in [0.05, 0.1) is 0 Å². The summed E-state index contributed by atoms with van der Waals surface area (Å²) in [7, 11) is 0. The van der Waals surface area contributed by atoms with E-state index in [-0.39, 0.29) is 0 Å². The van der Waals surface area contributed by atoms with Crippen LogP contribution in [0.5, 0.6) is 0 Å². The molecule has 0 fully saturated rings. The van der Waals surface area contributed by atoms with E-state index in [0.29, 0.717) is 0 Å². The molecule has 0 rings (SSSR count). The Morgan fingerprint density at radius 3 is 2.33 bits per heavy atom. The molecule has 0 saturated heterocycles. The van der Waals surface area contributed by atoms with Gasteiger partial charge in [-0.1, -0.05) is 45.4 Å².